The zero-order chi connectivity index (χ0) is 20.2. The number of nitrogens with zero attached hydrogens (tertiary/aromatic N) is 2. The second-order valence-corrected chi connectivity index (χ2v) is 12.1. The van der Waals surface area contributed by atoms with E-state index in [-0.39, 0.29) is 15.6 Å². The second-order valence-electron chi connectivity index (χ2n) is 7.80. The minimum Gasteiger partial charge on any atom is -0.316 e. The molecule has 0 radical (unpaired) electrons. The molecule has 0 aliphatic rings. The molecule has 0 unspecified atom stereocenters. The van der Waals surface area contributed by atoms with E-state index in [1.54, 1.807) is 12.1 Å². The van der Waals surface area contributed by atoms with Gasteiger partial charge >= 0.3 is 0 Å². The standard InChI is InChI=1S/C23H24N2O2Si/c1-23(2,3)28(21-10-6-4-7-11-21,22-12-8-5-9-13-22)24-18-19-14-16-20(17-15-19)25(26)27/h4-18H,1-3H3/b24-18+. The number of non-ortho nitro benzene ring substituents is 1. The predicted octanol–water partition coefficient (Wildman–Crippen LogP) is 4.57. The maximum atomic E-state index is 10.9. The van der Waals surface area contributed by atoms with Gasteiger partial charge in [0.2, 0.25) is 8.24 Å². The topological polar surface area (TPSA) is 55.5 Å². The maximum Gasteiger partial charge on any atom is 0.269 e. The van der Waals surface area contributed by atoms with Crippen LogP contribution >= 0.6 is 0 Å². The fraction of sp³-hybridized carbons (Fsp3) is 0.174. The van der Waals surface area contributed by atoms with Crippen molar-refractivity contribution < 1.29 is 4.92 Å². The highest BCUT2D eigenvalue weighted by Crippen LogP contribution is 2.36. The van der Waals surface area contributed by atoms with Gasteiger partial charge in [-0.3, -0.25) is 10.1 Å². The SMILES string of the molecule is CC(C)(C)[Si](/N=C/c1ccc([N+](=O)[O-])cc1)(c1ccccc1)c1ccccc1. The first-order valence-electron chi connectivity index (χ1n) is 9.25. The number of hydrogen-bond donors (Lipinski definition) is 0. The highest BCUT2D eigenvalue weighted by molar-refractivity contribution is 7.03. The van der Waals surface area contributed by atoms with Crippen LogP contribution < -0.4 is 10.4 Å². The molecule has 0 N–H and O–H groups in total. The monoisotopic (exact) mass is 388 g/mol. The average Bonchev–Trinajstić information content (AvgIpc) is 2.69. The van der Waals surface area contributed by atoms with Crippen molar-refractivity contribution in [3.8, 4) is 0 Å². The van der Waals surface area contributed by atoms with Gasteiger partial charge in [-0.05, 0) is 33.1 Å². The van der Waals surface area contributed by atoms with Crippen molar-refractivity contribution in [1.82, 2.24) is 0 Å². The number of nitro groups is 1. The molecule has 142 valence electrons. The van der Waals surface area contributed by atoms with E-state index in [1.165, 1.54) is 22.5 Å². The van der Waals surface area contributed by atoms with Crippen molar-refractivity contribution in [2.75, 3.05) is 0 Å². The van der Waals surface area contributed by atoms with Crippen molar-refractivity contribution in [2.45, 2.75) is 25.8 Å². The maximum absolute atomic E-state index is 10.9. The summed E-state index contributed by atoms with van der Waals surface area (Å²) in [6, 6.07) is 27.5. The molecule has 0 aliphatic heterocycles. The number of nitro benzene ring substituents is 1. The first-order chi connectivity index (χ1) is 13.3. The fourth-order valence-corrected chi connectivity index (χ4v) is 8.03. The quantitative estimate of drug-likeness (QED) is 0.278. The van der Waals surface area contributed by atoms with Gasteiger partial charge in [0.05, 0.1) is 4.92 Å². The van der Waals surface area contributed by atoms with Gasteiger partial charge in [-0.1, -0.05) is 81.4 Å². The lowest BCUT2D eigenvalue weighted by atomic mass is 10.2. The molecule has 0 aromatic heterocycles. The van der Waals surface area contributed by atoms with Gasteiger partial charge in [-0.25, -0.2) is 0 Å². The molecule has 0 saturated heterocycles. The summed E-state index contributed by atoms with van der Waals surface area (Å²) in [6.45, 7) is 6.73. The van der Waals surface area contributed by atoms with E-state index in [9.17, 15) is 10.1 Å². The van der Waals surface area contributed by atoms with E-state index >= 15 is 0 Å². The molecule has 4 nitrogen and oxygen atoms in total. The number of rotatable bonds is 5. The van der Waals surface area contributed by atoms with Crippen molar-refractivity contribution in [2.24, 2.45) is 4.66 Å². The summed E-state index contributed by atoms with van der Waals surface area (Å²) in [4.78, 5) is 10.5. The van der Waals surface area contributed by atoms with Crippen LogP contribution in [-0.2, 0) is 0 Å². The van der Waals surface area contributed by atoms with Crippen molar-refractivity contribution in [3.05, 3.63) is 101 Å². The Bertz CT molecular complexity index is 923. The summed E-state index contributed by atoms with van der Waals surface area (Å²) in [7, 11) is -2.53. The zero-order valence-electron chi connectivity index (χ0n) is 16.4. The molecular weight excluding hydrogens is 364 g/mol. The first-order valence-corrected chi connectivity index (χ1v) is 11.2. The summed E-state index contributed by atoms with van der Waals surface area (Å²) in [5.41, 5.74) is 0.946. The van der Waals surface area contributed by atoms with Crippen LogP contribution in [0, 0.1) is 10.1 Å². The fourth-order valence-electron chi connectivity index (χ4n) is 3.59. The van der Waals surface area contributed by atoms with Gasteiger partial charge in [0.1, 0.15) is 0 Å². The Labute approximate surface area is 166 Å². The summed E-state index contributed by atoms with van der Waals surface area (Å²) < 4.78 is 5.26. The van der Waals surface area contributed by atoms with E-state index in [0.717, 1.165) is 5.56 Å². The van der Waals surface area contributed by atoms with E-state index < -0.39 is 8.24 Å². The largest absolute Gasteiger partial charge is 0.316 e. The van der Waals surface area contributed by atoms with Gasteiger partial charge in [0.15, 0.2) is 0 Å². The molecule has 5 heteroatoms. The Morgan fingerprint density at radius 3 is 1.68 bits per heavy atom. The molecule has 0 heterocycles. The third-order valence-corrected chi connectivity index (χ3v) is 10.0. The normalized spacial score (nSPS) is 12.2. The predicted molar refractivity (Wildman–Crippen MR) is 118 cm³/mol. The summed E-state index contributed by atoms with van der Waals surface area (Å²) >= 11 is 0. The lowest BCUT2D eigenvalue weighted by Gasteiger charge is -2.40. The Balaban J connectivity index is 2.17. The van der Waals surface area contributed by atoms with Crippen LogP contribution in [0.1, 0.15) is 26.3 Å². The zero-order valence-corrected chi connectivity index (χ0v) is 17.4. The van der Waals surface area contributed by atoms with Crippen LogP contribution in [0.25, 0.3) is 0 Å². The lowest BCUT2D eigenvalue weighted by molar-refractivity contribution is -0.384. The molecule has 0 fully saturated rings. The average molecular weight is 389 g/mol. The van der Waals surface area contributed by atoms with Crippen LogP contribution in [0.2, 0.25) is 5.04 Å². The molecule has 3 rings (SSSR count). The van der Waals surface area contributed by atoms with Crippen molar-refractivity contribution >= 4 is 30.5 Å². The third kappa shape index (κ3) is 3.80. The third-order valence-electron chi connectivity index (χ3n) is 4.98. The molecule has 3 aromatic carbocycles. The highest BCUT2D eigenvalue weighted by atomic mass is 28.3. The van der Waals surface area contributed by atoms with E-state index in [2.05, 4.69) is 69.3 Å². The molecule has 0 saturated carbocycles. The van der Waals surface area contributed by atoms with Gasteiger partial charge < -0.3 is 4.66 Å². The summed E-state index contributed by atoms with van der Waals surface area (Å²) in [6.07, 6.45) is 1.88. The summed E-state index contributed by atoms with van der Waals surface area (Å²) in [5, 5.41) is 13.3. The molecule has 0 bridgehead atoms. The molecule has 0 atom stereocenters. The molecule has 0 amide bonds. The Morgan fingerprint density at radius 2 is 1.29 bits per heavy atom. The van der Waals surface area contributed by atoms with Gasteiger partial charge in [-0.15, -0.1) is 0 Å². The van der Waals surface area contributed by atoms with Crippen molar-refractivity contribution in [1.29, 1.82) is 0 Å². The summed E-state index contributed by atoms with van der Waals surface area (Å²) in [5.74, 6) is 0. The highest BCUT2D eigenvalue weighted by Gasteiger charge is 2.48. The van der Waals surface area contributed by atoms with Crippen molar-refractivity contribution in [3.63, 3.8) is 0 Å². The van der Waals surface area contributed by atoms with Crippen LogP contribution in [-0.4, -0.2) is 19.4 Å². The van der Waals surface area contributed by atoms with Crippen LogP contribution in [0.4, 0.5) is 5.69 Å². The first kappa shape index (κ1) is 19.7. The van der Waals surface area contributed by atoms with E-state index in [4.69, 9.17) is 4.66 Å². The molecule has 0 aliphatic carbocycles. The van der Waals surface area contributed by atoms with Gasteiger partial charge in [0, 0.05) is 18.3 Å². The molecule has 0 spiro atoms. The van der Waals surface area contributed by atoms with Crippen LogP contribution in [0.3, 0.4) is 0 Å². The molecule has 28 heavy (non-hydrogen) atoms. The minimum absolute atomic E-state index is 0.0764. The Kier molecular flexibility index (Phi) is 5.56. The number of benzene rings is 3. The smallest absolute Gasteiger partial charge is 0.269 e. The molecular formula is C23H24N2O2Si. The van der Waals surface area contributed by atoms with Gasteiger partial charge in [-0.2, -0.15) is 0 Å². The van der Waals surface area contributed by atoms with E-state index in [0.29, 0.717) is 0 Å². The Hall–Kier alpha value is -3.05. The van der Waals surface area contributed by atoms with Gasteiger partial charge in [0.25, 0.3) is 5.69 Å². The van der Waals surface area contributed by atoms with E-state index in [1.807, 2.05) is 18.3 Å². The minimum atomic E-state index is -2.53. The lowest BCUT2D eigenvalue weighted by Crippen LogP contribution is -2.63. The molecule has 3 aromatic rings. The number of hydrogen-bond acceptors (Lipinski definition) is 3. The van der Waals surface area contributed by atoms with Crippen LogP contribution in [0.15, 0.2) is 89.6 Å². The Morgan fingerprint density at radius 1 is 0.821 bits per heavy atom. The second kappa shape index (κ2) is 7.90. The van der Waals surface area contributed by atoms with Crippen LogP contribution in [0.5, 0.6) is 0 Å².